The molecule has 0 radical (unpaired) electrons. The predicted molar refractivity (Wildman–Crippen MR) is 87.0 cm³/mol. The van der Waals surface area contributed by atoms with Crippen molar-refractivity contribution in [1.29, 1.82) is 0 Å². The van der Waals surface area contributed by atoms with Gasteiger partial charge in [0.25, 0.3) is 0 Å². The first-order valence-corrected chi connectivity index (χ1v) is 7.40. The Morgan fingerprint density at radius 2 is 2.00 bits per heavy atom. The molecule has 3 heteroatoms. The molecular formula is C17H27N3. The number of rotatable bonds is 7. The lowest BCUT2D eigenvalue weighted by Gasteiger charge is -2.22. The van der Waals surface area contributed by atoms with E-state index in [1.165, 1.54) is 5.56 Å². The molecule has 0 spiro atoms. The van der Waals surface area contributed by atoms with E-state index in [-0.39, 0.29) is 0 Å². The molecule has 0 aliphatic carbocycles. The number of nitrogens with one attached hydrogen (secondary N) is 1. The zero-order valence-electron chi connectivity index (χ0n) is 13.4. The van der Waals surface area contributed by atoms with E-state index in [2.05, 4.69) is 62.9 Å². The Labute approximate surface area is 123 Å². The van der Waals surface area contributed by atoms with E-state index in [0.717, 1.165) is 24.6 Å². The lowest BCUT2D eigenvalue weighted by atomic mass is 10.1. The van der Waals surface area contributed by atoms with E-state index in [4.69, 9.17) is 11.4 Å². The van der Waals surface area contributed by atoms with Crippen LogP contribution in [-0.4, -0.2) is 24.1 Å². The van der Waals surface area contributed by atoms with Crippen LogP contribution in [0.4, 0.5) is 5.82 Å². The molecule has 1 aromatic rings. The number of nitrogens with zero attached hydrogens (tertiary/aromatic N) is 2. The largest absolute Gasteiger partial charge is 0.346 e. The molecule has 0 fully saturated rings. The van der Waals surface area contributed by atoms with Gasteiger partial charge in [-0.25, -0.2) is 4.98 Å². The fraction of sp³-hybridized carbons (Fsp3) is 0.588. The number of aromatic nitrogens is 1. The molecule has 110 valence electrons. The van der Waals surface area contributed by atoms with Gasteiger partial charge in [0.05, 0.1) is 6.54 Å². The molecular weight excluding hydrogens is 246 g/mol. The van der Waals surface area contributed by atoms with Crippen LogP contribution in [0.3, 0.4) is 0 Å². The van der Waals surface area contributed by atoms with Gasteiger partial charge in [-0.15, -0.1) is 6.42 Å². The third kappa shape index (κ3) is 4.86. The Hall–Kier alpha value is -1.53. The second-order valence-electron chi connectivity index (χ2n) is 5.67. The second-order valence-corrected chi connectivity index (χ2v) is 5.67. The minimum atomic E-state index is 0.414. The van der Waals surface area contributed by atoms with E-state index < -0.39 is 0 Å². The number of terminal acetylenes is 1. The second kappa shape index (κ2) is 7.91. The smallest absolute Gasteiger partial charge is 0.129 e. The molecule has 1 N–H and O–H groups in total. The van der Waals surface area contributed by atoms with Crippen LogP contribution in [0.2, 0.25) is 0 Å². The van der Waals surface area contributed by atoms with Crippen LogP contribution in [0.15, 0.2) is 12.1 Å². The van der Waals surface area contributed by atoms with Crippen molar-refractivity contribution >= 4 is 5.82 Å². The molecule has 3 nitrogen and oxygen atoms in total. The number of hydrogen-bond acceptors (Lipinski definition) is 3. The lowest BCUT2D eigenvalue weighted by molar-refractivity contribution is 0.587. The highest BCUT2D eigenvalue weighted by molar-refractivity contribution is 5.44. The zero-order valence-corrected chi connectivity index (χ0v) is 13.4. The van der Waals surface area contributed by atoms with Gasteiger partial charge in [0.1, 0.15) is 5.82 Å². The maximum atomic E-state index is 5.44. The summed E-state index contributed by atoms with van der Waals surface area (Å²) in [5.41, 5.74) is 2.39. The number of pyridine rings is 1. The van der Waals surface area contributed by atoms with Crippen molar-refractivity contribution in [3.63, 3.8) is 0 Å². The van der Waals surface area contributed by atoms with Gasteiger partial charge in [0.15, 0.2) is 0 Å². The highest BCUT2D eigenvalue weighted by Gasteiger charge is 2.10. The van der Waals surface area contributed by atoms with Crippen LogP contribution in [-0.2, 0) is 6.54 Å². The standard InChI is InChI=1S/C17H27N3/c1-7-9-20(8-2)17-11-15(12-18-14(5)6)10-16(19-17)13(3)4/h1,10-11,13-14,18H,8-9,12H2,2-6H3. The van der Waals surface area contributed by atoms with Gasteiger partial charge in [0, 0.05) is 24.8 Å². The Kier molecular flexibility index (Phi) is 6.54. The summed E-state index contributed by atoms with van der Waals surface area (Å²) in [6, 6.07) is 4.80. The van der Waals surface area contributed by atoms with Crippen LogP contribution < -0.4 is 10.2 Å². The molecule has 1 aromatic heterocycles. The summed E-state index contributed by atoms with van der Waals surface area (Å²) >= 11 is 0. The van der Waals surface area contributed by atoms with Crippen LogP contribution in [0, 0.1) is 12.3 Å². The van der Waals surface area contributed by atoms with Crippen molar-refractivity contribution in [2.24, 2.45) is 0 Å². The van der Waals surface area contributed by atoms with Gasteiger partial charge >= 0.3 is 0 Å². The summed E-state index contributed by atoms with van der Waals surface area (Å²) in [6.07, 6.45) is 5.44. The summed E-state index contributed by atoms with van der Waals surface area (Å²) in [7, 11) is 0. The number of anilines is 1. The fourth-order valence-corrected chi connectivity index (χ4v) is 1.94. The third-order valence-electron chi connectivity index (χ3n) is 3.19. The van der Waals surface area contributed by atoms with Crippen molar-refractivity contribution in [3.8, 4) is 12.3 Å². The quantitative estimate of drug-likeness (QED) is 0.774. The van der Waals surface area contributed by atoms with Crippen LogP contribution >= 0.6 is 0 Å². The highest BCUT2D eigenvalue weighted by atomic mass is 15.2. The Morgan fingerprint density at radius 3 is 2.50 bits per heavy atom. The first-order valence-electron chi connectivity index (χ1n) is 7.40. The number of hydrogen-bond donors (Lipinski definition) is 1. The molecule has 0 saturated carbocycles. The van der Waals surface area contributed by atoms with Crippen molar-refractivity contribution < 1.29 is 0 Å². The minimum Gasteiger partial charge on any atom is -0.346 e. The Morgan fingerprint density at radius 1 is 1.30 bits per heavy atom. The summed E-state index contributed by atoms with van der Waals surface area (Å²) in [6.45, 7) is 13.1. The molecule has 0 saturated heterocycles. The van der Waals surface area contributed by atoms with Gasteiger partial charge in [0.2, 0.25) is 0 Å². The average molecular weight is 273 g/mol. The molecule has 1 rings (SSSR count). The van der Waals surface area contributed by atoms with Gasteiger partial charge in [-0.2, -0.15) is 0 Å². The first kappa shape index (κ1) is 16.5. The molecule has 0 amide bonds. The van der Waals surface area contributed by atoms with E-state index >= 15 is 0 Å². The van der Waals surface area contributed by atoms with E-state index in [0.29, 0.717) is 18.5 Å². The van der Waals surface area contributed by atoms with Crippen LogP contribution in [0.25, 0.3) is 0 Å². The minimum absolute atomic E-state index is 0.414. The van der Waals surface area contributed by atoms with E-state index in [1.54, 1.807) is 0 Å². The maximum Gasteiger partial charge on any atom is 0.129 e. The third-order valence-corrected chi connectivity index (χ3v) is 3.19. The molecule has 0 atom stereocenters. The average Bonchev–Trinajstić information content (AvgIpc) is 2.42. The van der Waals surface area contributed by atoms with Gasteiger partial charge in [-0.05, 0) is 30.5 Å². The molecule has 0 aliphatic rings. The van der Waals surface area contributed by atoms with E-state index in [1.807, 2.05) is 0 Å². The lowest BCUT2D eigenvalue weighted by Crippen LogP contribution is -2.26. The van der Waals surface area contributed by atoms with Crippen LogP contribution in [0.5, 0.6) is 0 Å². The molecule has 0 aromatic carbocycles. The van der Waals surface area contributed by atoms with Crippen molar-refractivity contribution in [3.05, 3.63) is 23.4 Å². The van der Waals surface area contributed by atoms with Crippen LogP contribution in [0.1, 0.15) is 51.8 Å². The Bertz CT molecular complexity index is 458. The summed E-state index contributed by atoms with van der Waals surface area (Å²) < 4.78 is 0. The summed E-state index contributed by atoms with van der Waals surface area (Å²) in [4.78, 5) is 6.88. The highest BCUT2D eigenvalue weighted by Crippen LogP contribution is 2.20. The van der Waals surface area contributed by atoms with Crippen molar-refractivity contribution in [2.75, 3.05) is 18.0 Å². The van der Waals surface area contributed by atoms with Gasteiger partial charge < -0.3 is 10.2 Å². The monoisotopic (exact) mass is 273 g/mol. The zero-order chi connectivity index (χ0) is 15.1. The predicted octanol–water partition coefficient (Wildman–Crippen LogP) is 3.16. The first-order chi connectivity index (χ1) is 9.47. The molecule has 0 bridgehead atoms. The molecule has 1 heterocycles. The molecule has 0 aliphatic heterocycles. The van der Waals surface area contributed by atoms with Gasteiger partial charge in [-0.1, -0.05) is 33.6 Å². The van der Waals surface area contributed by atoms with Crippen molar-refractivity contribution in [1.82, 2.24) is 10.3 Å². The molecule has 0 unspecified atom stereocenters. The van der Waals surface area contributed by atoms with Crippen molar-refractivity contribution in [2.45, 2.75) is 53.1 Å². The maximum absolute atomic E-state index is 5.44. The summed E-state index contributed by atoms with van der Waals surface area (Å²) in [5, 5.41) is 3.46. The molecule has 20 heavy (non-hydrogen) atoms. The topological polar surface area (TPSA) is 28.2 Å². The van der Waals surface area contributed by atoms with Gasteiger partial charge in [-0.3, -0.25) is 0 Å². The summed E-state index contributed by atoms with van der Waals surface area (Å²) in [5.74, 6) is 4.10. The fourth-order valence-electron chi connectivity index (χ4n) is 1.94. The normalized spacial score (nSPS) is 10.9. The SMILES string of the molecule is C#CCN(CC)c1cc(CNC(C)C)cc(C(C)C)n1. The Balaban J connectivity index is 3.06. The van der Waals surface area contributed by atoms with E-state index in [9.17, 15) is 0 Å².